The fourth-order valence-corrected chi connectivity index (χ4v) is 1.74. The molecule has 2 N–H and O–H groups in total. The largest absolute Gasteiger partial charge is 0.502 e. The molecule has 0 saturated carbocycles. The Bertz CT molecular complexity index is 643. The molecule has 7 heteroatoms. The van der Waals surface area contributed by atoms with Gasteiger partial charge in [0.2, 0.25) is 5.75 Å². The highest BCUT2D eigenvalue weighted by atomic mass is 16.5. The Kier molecular flexibility index (Phi) is 3.69. The molecule has 2 heterocycles. The second-order valence-electron chi connectivity index (χ2n) is 3.74. The van der Waals surface area contributed by atoms with Crippen LogP contribution in [0, 0.1) is 0 Å². The second kappa shape index (κ2) is 5.43. The first-order valence-corrected chi connectivity index (χ1v) is 5.59. The number of hydrogen-bond acceptors (Lipinski definition) is 6. The minimum absolute atomic E-state index is 0.0967. The van der Waals surface area contributed by atoms with Crippen molar-refractivity contribution in [2.24, 2.45) is 0 Å². The van der Waals surface area contributed by atoms with Crippen LogP contribution in [0.3, 0.4) is 0 Å². The summed E-state index contributed by atoms with van der Waals surface area (Å²) >= 11 is 0. The third-order valence-corrected chi connectivity index (χ3v) is 2.60. The summed E-state index contributed by atoms with van der Waals surface area (Å²) in [6.07, 6.45) is 1.54. The monoisotopic (exact) mass is 276 g/mol. The quantitative estimate of drug-likeness (QED) is 0.873. The molecule has 0 radical (unpaired) electrons. The summed E-state index contributed by atoms with van der Waals surface area (Å²) in [5.41, 5.74) is 0.0635. The Morgan fingerprint density at radius 3 is 2.40 bits per heavy atom. The molecule has 2 rings (SSSR count). The van der Waals surface area contributed by atoms with Crippen LogP contribution < -0.4 is 9.47 Å². The second-order valence-corrected chi connectivity index (χ2v) is 3.74. The third-order valence-electron chi connectivity index (χ3n) is 2.60. The number of nitrogens with zero attached hydrogens (tertiary/aromatic N) is 2. The Balaban J connectivity index is 2.79. The molecule has 0 spiro atoms. The normalized spacial score (nSPS) is 10.1. The highest BCUT2D eigenvalue weighted by Gasteiger charge is 2.25. The van der Waals surface area contributed by atoms with Crippen LogP contribution >= 0.6 is 0 Å². The van der Waals surface area contributed by atoms with E-state index in [0.717, 1.165) is 0 Å². The summed E-state index contributed by atoms with van der Waals surface area (Å²) in [6.45, 7) is 0. The molecule has 0 saturated heterocycles. The summed E-state index contributed by atoms with van der Waals surface area (Å²) in [5.74, 6) is -1.94. The number of ether oxygens (including phenoxy) is 2. The molecular formula is C13H12N2O5. The van der Waals surface area contributed by atoms with E-state index in [1.165, 1.54) is 20.4 Å². The zero-order valence-electron chi connectivity index (χ0n) is 10.8. The summed E-state index contributed by atoms with van der Waals surface area (Å²) in [5, 5.41) is 19.0. The molecule has 2 aromatic rings. The molecule has 0 aliphatic heterocycles. The maximum absolute atomic E-state index is 11.1. The van der Waals surface area contributed by atoms with Gasteiger partial charge in [0.05, 0.1) is 19.9 Å². The van der Waals surface area contributed by atoms with Crippen LogP contribution in [0.15, 0.2) is 24.4 Å². The average molecular weight is 276 g/mol. The highest BCUT2D eigenvalue weighted by molar-refractivity contribution is 5.92. The van der Waals surface area contributed by atoms with Crippen LogP contribution in [0.5, 0.6) is 17.2 Å². The van der Waals surface area contributed by atoms with Gasteiger partial charge in [-0.15, -0.1) is 0 Å². The molecule has 0 aliphatic rings. The summed E-state index contributed by atoms with van der Waals surface area (Å²) in [4.78, 5) is 19.1. The van der Waals surface area contributed by atoms with Crippen molar-refractivity contribution in [2.75, 3.05) is 14.2 Å². The zero-order valence-corrected chi connectivity index (χ0v) is 10.8. The van der Waals surface area contributed by atoms with Gasteiger partial charge in [0.25, 0.3) is 0 Å². The van der Waals surface area contributed by atoms with Gasteiger partial charge in [0.15, 0.2) is 17.2 Å². The van der Waals surface area contributed by atoms with Gasteiger partial charge in [-0.25, -0.2) is 9.78 Å². The van der Waals surface area contributed by atoms with Crippen molar-refractivity contribution in [3.8, 4) is 28.6 Å². The van der Waals surface area contributed by atoms with Crippen molar-refractivity contribution in [1.82, 2.24) is 9.97 Å². The fourth-order valence-electron chi connectivity index (χ4n) is 1.74. The van der Waals surface area contributed by atoms with Crippen LogP contribution in [0.1, 0.15) is 10.5 Å². The van der Waals surface area contributed by atoms with Crippen molar-refractivity contribution < 1.29 is 24.5 Å². The number of pyridine rings is 2. The molecule has 104 valence electrons. The van der Waals surface area contributed by atoms with Gasteiger partial charge in [0, 0.05) is 6.20 Å². The first-order valence-electron chi connectivity index (χ1n) is 5.59. The molecule has 0 unspecified atom stereocenters. The van der Waals surface area contributed by atoms with E-state index in [4.69, 9.17) is 14.6 Å². The Morgan fingerprint density at radius 1 is 1.20 bits per heavy atom. The van der Waals surface area contributed by atoms with Crippen LogP contribution in [0.4, 0.5) is 0 Å². The molecule has 0 aliphatic carbocycles. The molecule has 7 nitrogen and oxygen atoms in total. The predicted octanol–water partition coefficient (Wildman–Crippen LogP) is 1.56. The molecule has 0 fully saturated rings. The van der Waals surface area contributed by atoms with E-state index in [1.54, 1.807) is 18.2 Å². The van der Waals surface area contributed by atoms with Crippen molar-refractivity contribution in [3.63, 3.8) is 0 Å². The first kappa shape index (κ1) is 13.6. The maximum Gasteiger partial charge on any atom is 0.358 e. The number of hydrogen-bond donors (Lipinski definition) is 2. The zero-order chi connectivity index (χ0) is 14.7. The van der Waals surface area contributed by atoms with Crippen molar-refractivity contribution in [2.45, 2.75) is 0 Å². The molecule has 0 bridgehead atoms. The molecular weight excluding hydrogens is 264 g/mol. The van der Waals surface area contributed by atoms with E-state index in [2.05, 4.69) is 9.97 Å². The number of carboxylic acids is 1. The molecule has 0 amide bonds. The van der Waals surface area contributed by atoms with Crippen LogP contribution in [-0.2, 0) is 0 Å². The lowest BCUT2D eigenvalue weighted by Crippen LogP contribution is -2.06. The molecule has 20 heavy (non-hydrogen) atoms. The van der Waals surface area contributed by atoms with Gasteiger partial charge in [-0.1, -0.05) is 6.07 Å². The smallest absolute Gasteiger partial charge is 0.358 e. The van der Waals surface area contributed by atoms with Crippen molar-refractivity contribution in [3.05, 3.63) is 30.1 Å². The van der Waals surface area contributed by atoms with Crippen LogP contribution in [-0.4, -0.2) is 40.4 Å². The van der Waals surface area contributed by atoms with Gasteiger partial charge < -0.3 is 19.7 Å². The number of aromatic carboxylic acids is 1. The van der Waals surface area contributed by atoms with E-state index in [9.17, 15) is 9.90 Å². The highest BCUT2D eigenvalue weighted by Crippen LogP contribution is 2.43. The van der Waals surface area contributed by atoms with Crippen LogP contribution in [0.2, 0.25) is 0 Å². The number of carboxylic acid groups (broad SMARTS) is 1. The average Bonchev–Trinajstić information content (AvgIpc) is 2.47. The van der Waals surface area contributed by atoms with Gasteiger partial charge in [-0.3, -0.25) is 4.98 Å². The fraction of sp³-hybridized carbons (Fsp3) is 0.154. The number of aromatic hydroxyl groups is 1. The Hall–Kier alpha value is -2.83. The van der Waals surface area contributed by atoms with Crippen molar-refractivity contribution in [1.29, 1.82) is 0 Å². The van der Waals surface area contributed by atoms with Gasteiger partial charge in [-0.2, -0.15) is 0 Å². The third kappa shape index (κ3) is 2.20. The number of methoxy groups -OCH3 is 2. The van der Waals surface area contributed by atoms with E-state index < -0.39 is 17.4 Å². The summed E-state index contributed by atoms with van der Waals surface area (Å²) in [7, 11) is 2.66. The van der Waals surface area contributed by atoms with Gasteiger partial charge >= 0.3 is 5.97 Å². The molecule has 0 atom stereocenters. The number of carbonyl (C=O) groups is 1. The summed E-state index contributed by atoms with van der Waals surface area (Å²) < 4.78 is 10.2. The van der Waals surface area contributed by atoms with Gasteiger partial charge in [0.1, 0.15) is 5.69 Å². The Labute approximate surface area is 114 Å². The van der Waals surface area contributed by atoms with E-state index in [0.29, 0.717) is 5.69 Å². The molecule has 0 aromatic carbocycles. The topological polar surface area (TPSA) is 102 Å². The molecule has 2 aromatic heterocycles. The first-order chi connectivity index (χ1) is 9.60. The SMILES string of the molecule is COc1c(-c2ccccn2)nc(C(=O)O)c(O)c1OC. The minimum atomic E-state index is -1.37. The number of rotatable bonds is 4. The lowest BCUT2D eigenvalue weighted by atomic mass is 10.1. The van der Waals surface area contributed by atoms with Crippen LogP contribution in [0.25, 0.3) is 11.4 Å². The lowest BCUT2D eigenvalue weighted by molar-refractivity contribution is 0.0686. The van der Waals surface area contributed by atoms with Gasteiger partial charge in [-0.05, 0) is 12.1 Å². The summed E-state index contributed by atoms with van der Waals surface area (Å²) in [6, 6.07) is 5.09. The minimum Gasteiger partial charge on any atom is -0.502 e. The van der Waals surface area contributed by atoms with E-state index in [-0.39, 0.29) is 17.2 Å². The number of aromatic nitrogens is 2. The van der Waals surface area contributed by atoms with E-state index >= 15 is 0 Å². The predicted molar refractivity (Wildman–Crippen MR) is 69.2 cm³/mol. The standard InChI is InChI=1S/C13H12N2O5/c1-19-11-8(7-5-3-4-6-14-7)15-9(13(17)18)10(16)12(11)20-2/h3-6,16H,1-2H3,(H,17,18). The maximum atomic E-state index is 11.1. The lowest BCUT2D eigenvalue weighted by Gasteiger charge is -2.14. The van der Waals surface area contributed by atoms with E-state index in [1.807, 2.05) is 0 Å². The Morgan fingerprint density at radius 2 is 1.90 bits per heavy atom. The van der Waals surface area contributed by atoms with Crippen molar-refractivity contribution >= 4 is 5.97 Å².